The van der Waals surface area contributed by atoms with Crippen LogP contribution in [0.15, 0.2) is 0 Å². The summed E-state index contributed by atoms with van der Waals surface area (Å²) in [7, 11) is 2.06. The Hall–Kier alpha value is -0.160. The minimum atomic E-state index is -0.102. The van der Waals surface area contributed by atoms with E-state index in [1.807, 2.05) is 0 Å². The molecule has 2 saturated heterocycles. The van der Waals surface area contributed by atoms with Crippen LogP contribution in [-0.2, 0) is 9.47 Å². The number of nitrogens with zero attached hydrogens (tertiary/aromatic N) is 1. The normalized spacial score (nSPS) is 35.1. The van der Waals surface area contributed by atoms with Gasteiger partial charge < -0.3 is 14.8 Å². The molecule has 0 saturated carbocycles. The molecule has 4 nitrogen and oxygen atoms in total. The predicted molar refractivity (Wildman–Crippen MR) is 82.1 cm³/mol. The van der Waals surface area contributed by atoms with Crippen LogP contribution in [0.5, 0.6) is 0 Å². The van der Waals surface area contributed by atoms with Gasteiger partial charge in [-0.1, -0.05) is 6.92 Å². The summed E-state index contributed by atoms with van der Waals surface area (Å²) < 4.78 is 12.3. The van der Waals surface area contributed by atoms with Crippen molar-refractivity contribution in [3.8, 4) is 0 Å². The molecule has 1 N–H and O–H groups in total. The van der Waals surface area contributed by atoms with Crippen molar-refractivity contribution < 1.29 is 9.47 Å². The van der Waals surface area contributed by atoms with Crippen LogP contribution in [0.25, 0.3) is 0 Å². The quantitative estimate of drug-likeness (QED) is 0.855. The highest BCUT2D eigenvalue weighted by molar-refractivity contribution is 5.02. The predicted octanol–water partition coefficient (Wildman–Crippen LogP) is 1.89. The van der Waals surface area contributed by atoms with E-state index in [1.54, 1.807) is 0 Å². The van der Waals surface area contributed by atoms with Crippen molar-refractivity contribution in [2.75, 3.05) is 33.3 Å². The van der Waals surface area contributed by atoms with Crippen LogP contribution in [-0.4, -0.2) is 61.5 Å². The van der Waals surface area contributed by atoms with E-state index in [0.29, 0.717) is 12.0 Å². The number of morpholine rings is 1. The van der Waals surface area contributed by atoms with Gasteiger partial charge in [0.15, 0.2) is 0 Å². The van der Waals surface area contributed by atoms with Crippen LogP contribution in [0.2, 0.25) is 0 Å². The number of hydrogen-bond acceptors (Lipinski definition) is 4. The van der Waals surface area contributed by atoms with Crippen molar-refractivity contribution in [2.24, 2.45) is 5.92 Å². The molecule has 2 aliphatic heterocycles. The molecule has 3 atom stereocenters. The van der Waals surface area contributed by atoms with E-state index >= 15 is 0 Å². The molecule has 0 aromatic carbocycles. The molecule has 2 rings (SSSR count). The highest BCUT2D eigenvalue weighted by atomic mass is 16.5. The highest BCUT2D eigenvalue weighted by Crippen LogP contribution is 2.44. The SMILES string of the molecule is CCN1CCOC(C(NC)C2CC(C)(C)OC2(C)C)C1. The zero-order valence-corrected chi connectivity index (χ0v) is 14.0. The molecule has 2 aliphatic rings. The lowest BCUT2D eigenvalue weighted by molar-refractivity contribution is -0.0960. The minimum Gasteiger partial charge on any atom is -0.374 e. The van der Waals surface area contributed by atoms with Crippen LogP contribution in [0.3, 0.4) is 0 Å². The van der Waals surface area contributed by atoms with Gasteiger partial charge in [0.25, 0.3) is 0 Å². The van der Waals surface area contributed by atoms with Gasteiger partial charge in [0.2, 0.25) is 0 Å². The first-order valence-corrected chi connectivity index (χ1v) is 8.00. The zero-order valence-electron chi connectivity index (χ0n) is 14.0. The maximum Gasteiger partial charge on any atom is 0.0858 e. The standard InChI is InChI=1S/C16H32N2O2/c1-7-18-8-9-19-13(11-18)14(17-6)12-10-15(2,3)20-16(12,4)5/h12-14,17H,7-11H2,1-6H3. The molecule has 0 radical (unpaired) electrons. The van der Waals surface area contributed by atoms with E-state index in [0.717, 1.165) is 32.7 Å². The first kappa shape index (κ1) is 16.2. The lowest BCUT2D eigenvalue weighted by atomic mass is 9.79. The van der Waals surface area contributed by atoms with E-state index < -0.39 is 0 Å². The van der Waals surface area contributed by atoms with E-state index in [2.05, 4.69) is 51.9 Å². The molecule has 0 amide bonds. The fourth-order valence-corrected chi connectivity index (χ4v) is 4.05. The largest absolute Gasteiger partial charge is 0.374 e. The molecule has 2 heterocycles. The van der Waals surface area contributed by atoms with Gasteiger partial charge in [0, 0.05) is 25.0 Å². The topological polar surface area (TPSA) is 33.7 Å². The van der Waals surface area contributed by atoms with Gasteiger partial charge in [-0.25, -0.2) is 0 Å². The summed E-state index contributed by atoms with van der Waals surface area (Å²) in [6.45, 7) is 15.1. The van der Waals surface area contributed by atoms with Crippen molar-refractivity contribution in [1.82, 2.24) is 10.2 Å². The Morgan fingerprint density at radius 2 is 2.00 bits per heavy atom. The van der Waals surface area contributed by atoms with E-state index in [1.165, 1.54) is 0 Å². The van der Waals surface area contributed by atoms with Crippen molar-refractivity contribution in [3.05, 3.63) is 0 Å². The Morgan fingerprint density at radius 1 is 1.30 bits per heavy atom. The monoisotopic (exact) mass is 284 g/mol. The first-order valence-electron chi connectivity index (χ1n) is 8.00. The summed E-state index contributed by atoms with van der Waals surface area (Å²) in [6.07, 6.45) is 1.34. The molecular formula is C16H32N2O2. The van der Waals surface area contributed by atoms with Crippen molar-refractivity contribution in [1.29, 1.82) is 0 Å². The number of likely N-dealkylation sites (N-methyl/N-ethyl adjacent to an activating group) is 2. The summed E-state index contributed by atoms with van der Waals surface area (Å²) in [6, 6.07) is 0.348. The third kappa shape index (κ3) is 3.35. The fourth-order valence-electron chi connectivity index (χ4n) is 4.05. The minimum absolute atomic E-state index is 0.0393. The lowest BCUT2D eigenvalue weighted by Crippen LogP contribution is -2.56. The molecule has 0 aliphatic carbocycles. The second-order valence-electron chi connectivity index (χ2n) is 7.39. The fraction of sp³-hybridized carbons (Fsp3) is 1.00. The third-order valence-electron chi connectivity index (χ3n) is 4.94. The Labute approximate surface area is 124 Å². The molecule has 0 aromatic rings. The molecule has 2 fully saturated rings. The maximum absolute atomic E-state index is 6.27. The molecule has 0 bridgehead atoms. The van der Waals surface area contributed by atoms with Crippen LogP contribution in [0.1, 0.15) is 41.0 Å². The number of ether oxygens (including phenoxy) is 2. The van der Waals surface area contributed by atoms with Gasteiger partial charge >= 0.3 is 0 Å². The van der Waals surface area contributed by atoms with Crippen LogP contribution in [0.4, 0.5) is 0 Å². The average molecular weight is 284 g/mol. The third-order valence-corrected chi connectivity index (χ3v) is 4.94. The zero-order chi connectivity index (χ0) is 15.0. The van der Waals surface area contributed by atoms with Crippen molar-refractivity contribution in [2.45, 2.75) is 64.4 Å². The Balaban J connectivity index is 2.11. The van der Waals surface area contributed by atoms with Crippen LogP contribution in [0, 0.1) is 5.92 Å². The summed E-state index contributed by atoms with van der Waals surface area (Å²) in [5, 5.41) is 3.52. The molecule has 0 spiro atoms. The van der Waals surface area contributed by atoms with Crippen LogP contribution >= 0.6 is 0 Å². The molecule has 118 valence electrons. The van der Waals surface area contributed by atoms with Gasteiger partial charge in [-0.05, 0) is 47.7 Å². The maximum atomic E-state index is 6.27. The van der Waals surface area contributed by atoms with Crippen molar-refractivity contribution in [3.63, 3.8) is 0 Å². The van der Waals surface area contributed by atoms with Gasteiger partial charge in [0.1, 0.15) is 0 Å². The van der Waals surface area contributed by atoms with Gasteiger partial charge in [-0.2, -0.15) is 0 Å². The molecular weight excluding hydrogens is 252 g/mol. The number of nitrogens with one attached hydrogen (secondary N) is 1. The van der Waals surface area contributed by atoms with Crippen LogP contribution < -0.4 is 5.32 Å². The van der Waals surface area contributed by atoms with Gasteiger partial charge in [-0.15, -0.1) is 0 Å². The molecule has 4 heteroatoms. The first-order chi connectivity index (χ1) is 9.29. The Morgan fingerprint density at radius 3 is 2.50 bits per heavy atom. The average Bonchev–Trinajstić information content (AvgIpc) is 2.59. The summed E-state index contributed by atoms with van der Waals surface area (Å²) >= 11 is 0. The summed E-state index contributed by atoms with van der Waals surface area (Å²) in [5.74, 6) is 0.476. The van der Waals surface area contributed by atoms with E-state index in [9.17, 15) is 0 Å². The summed E-state index contributed by atoms with van der Waals surface area (Å²) in [4.78, 5) is 2.48. The highest BCUT2D eigenvalue weighted by Gasteiger charge is 2.50. The second kappa shape index (κ2) is 5.91. The second-order valence-corrected chi connectivity index (χ2v) is 7.39. The molecule has 0 aromatic heterocycles. The van der Waals surface area contributed by atoms with Gasteiger partial charge in [0.05, 0.1) is 23.9 Å². The number of hydrogen-bond donors (Lipinski definition) is 1. The summed E-state index contributed by atoms with van der Waals surface area (Å²) in [5.41, 5.74) is -0.141. The van der Waals surface area contributed by atoms with Crippen molar-refractivity contribution >= 4 is 0 Å². The van der Waals surface area contributed by atoms with E-state index in [4.69, 9.17) is 9.47 Å². The molecule has 3 unspecified atom stereocenters. The molecule has 20 heavy (non-hydrogen) atoms. The van der Waals surface area contributed by atoms with E-state index in [-0.39, 0.29) is 17.3 Å². The Bertz CT molecular complexity index is 330. The smallest absolute Gasteiger partial charge is 0.0858 e. The lowest BCUT2D eigenvalue weighted by Gasteiger charge is -2.41. The Kier molecular flexibility index (Phi) is 4.80. The number of rotatable bonds is 4. The van der Waals surface area contributed by atoms with Gasteiger partial charge in [-0.3, -0.25) is 4.90 Å².